The van der Waals surface area contributed by atoms with Crippen molar-refractivity contribution in [2.75, 3.05) is 20.6 Å². The van der Waals surface area contributed by atoms with Gasteiger partial charge in [-0.3, -0.25) is 9.59 Å². The number of hydrogen-bond donors (Lipinski definition) is 0. The molecule has 0 radical (unpaired) electrons. The number of amides is 2. The fourth-order valence-corrected chi connectivity index (χ4v) is 4.65. The largest absolute Gasteiger partial charge is 0.343 e. The van der Waals surface area contributed by atoms with Crippen molar-refractivity contribution >= 4 is 23.2 Å². The van der Waals surface area contributed by atoms with Gasteiger partial charge in [0.25, 0.3) is 11.8 Å². The van der Waals surface area contributed by atoms with E-state index in [-0.39, 0.29) is 17.2 Å². The Morgan fingerprint density at radius 1 is 1.36 bits per heavy atom. The third kappa shape index (κ3) is 3.18. The van der Waals surface area contributed by atoms with E-state index in [2.05, 4.69) is 31.1 Å². The molecule has 0 aromatic carbocycles. The first-order valence-corrected chi connectivity index (χ1v) is 9.14. The average Bonchev–Trinajstić information content (AvgIpc) is 2.95. The number of carbonyl (C=O) groups is 2. The molecule has 0 unspecified atom stereocenters. The van der Waals surface area contributed by atoms with Gasteiger partial charge in [0.05, 0.1) is 17.1 Å². The summed E-state index contributed by atoms with van der Waals surface area (Å²) in [7, 11) is 3.40. The second-order valence-electron chi connectivity index (χ2n) is 7.38. The van der Waals surface area contributed by atoms with Crippen molar-refractivity contribution in [3.8, 4) is 0 Å². The molecule has 1 aliphatic rings. The van der Waals surface area contributed by atoms with Crippen LogP contribution in [0.15, 0.2) is 23.6 Å². The summed E-state index contributed by atoms with van der Waals surface area (Å²) in [5, 5.41) is 2.06. The van der Waals surface area contributed by atoms with Gasteiger partial charge in [-0.05, 0) is 35.6 Å². The number of nitrogens with zero attached hydrogens (tertiary/aromatic N) is 3. The Morgan fingerprint density at radius 2 is 2.08 bits per heavy atom. The molecule has 25 heavy (non-hydrogen) atoms. The Hall–Kier alpha value is -2.21. The molecule has 0 N–H and O–H groups in total. The second-order valence-corrected chi connectivity index (χ2v) is 8.26. The van der Waals surface area contributed by atoms with Crippen LogP contribution in [0.3, 0.4) is 0 Å². The lowest BCUT2D eigenvalue weighted by molar-refractivity contribution is 0.0677. The molecule has 3 rings (SSSR count). The monoisotopic (exact) mass is 357 g/mol. The van der Waals surface area contributed by atoms with Crippen molar-refractivity contribution in [1.29, 1.82) is 0 Å². The molecule has 2 amide bonds. The van der Waals surface area contributed by atoms with E-state index in [1.807, 2.05) is 17.0 Å². The van der Waals surface area contributed by atoms with Gasteiger partial charge in [0.15, 0.2) is 0 Å². The molecule has 0 fully saturated rings. The van der Waals surface area contributed by atoms with Crippen molar-refractivity contribution in [3.63, 3.8) is 0 Å². The molecule has 2 aromatic heterocycles. The van der Waals surface area contributed by atoms with Crippen LogP contribution in [-0.2, 0) is 12.0 Å². The number of hydrogen-bond acceptors (Lipinski definition) is 4. The van der Waals surface area contributed by atoms with E-state index in [1.165, 1.54) is 27.4 Å². The average molecular weight is 357 g/mol. The van der Waals surface area contributed by atoms with Crippen LogP contribution in [0.25, 0.3) is 0 Å². The minimum absolute atomic E-state index is 0.0542. The zero-order chi connectivity index (χ0) is 18.4. The molecule has 0 saturated carbocycles. The molecule has 0 aliphatic carbocycles. The van der Waals surface area contributed by atoms with Crippen molar-refractivity contribution in [3.05, 3.63) is 51.0 Å². The van der Waals surface area contributed by atoms with Gasteiger partial charge in [0.1, 0.15) is 5.69 Å². The summed E-state index contributed by atoms with van der Waals surface area (Å²) in [6, 6.07) is 5.38. The van der Waals surface area contributed by atoms with Crippen molar-refractivity contribution in [2.45, 2.75) is 32.7 Å². The van der Waals surface area contributed by atoms with Crippen molar-refractivity contribution in [2.24, 2.45) is 0 Å². The number of rotatable bonds is 3. The van der Waals surface area contributed by atoms with E-state index in [4.69, 9.17) is 0 Å². The fraction of sp³-hybridized carbons (Fsp3) is 0.421. The maximum absolute atomic E-state index is 12.9. The van der Waals surface area contributed by atoms with Crippen LogP contribution in [0.5, 0.6) is 0 Å². The summed E-state index contributed by atoms with van der Waals surface area (Å²) < 4.78 is 0. The summed E-state index contributed by atoms with van der Waals surface area (Å²) in [6.45, 7) is 7.46. The molecule has 0 saturated heterocycles. The number of pyridine rings is 1. The molecule has 2 aromatic rings. The molecular formula is C19H23N3O2S. The van der Waals surface area contributed by atoms with E-state index in [0.717, 1.165) is 10.6 Å². The Labute approximate surface area is 152 Å². The number of aryl methyl sites for hydroxylation is 1. The third-order valence-corrected chi connectivity index (χ3v) is 5.59. The molecule has 0 spiro atoms. The van der Waals surface area contributed by atoms with Crippen LogP contribution < -0.4 is 0 Å². The van der Waals surface area contributed by atoms with Gasteiger partial charge < -0.3 is 9.80 Å². The van der Waals surface area contributed by atoms with Gasteiger partial charge in [-0.15, -0.1) is 11.3 Å². The highest BCUT2D eigenvalue weighted by atomic mass is 32.1. The Bertz CT molecular complexity index is 839. The van der Waals surface area contributed by atoms with Crippen LogP contribution in [0.1, 0.15) is 50.8 Å². The summed E-state index contributed by atoms with van der Waals surface area (Å²) in [4.78, 5) is 33.6. The first-order valence-electron chi connectivity index (χ1n) is 8.26. The number of carbonyl (C=O) groups excluding carboxylic acids is 2. The van der Waals surface area contributed by atoms with E-state index >= 15 is 0 Å². The lowest BCUT2D eigenvalue weighted by Crippen LogP contribution is -2.45. The van der Waals surface area contributed by atoms with Crippen molar-refractivity contribution < 1.29 is 9.59 Å². The quantitative estimate of drug-likeness (QED) is 0.848. The van der Waals surface area contributed by atoms with E-state index in [0.29, 0.717) is 18.8 Å². The third-order valence-electron chi connectivity index (χ3n) is 4.50. The van der Waals surface area contributed by atoms with Crippen LogP contribution in [-0.4, -0.2) is 47.2 Å². The number of fused-ring (bicyclic) bond motifs is 1. The van der Waals surface area contributed by atoms with Crippen LogP contribution in [0.2, 0.25) is 0 Å². The van der Waals surface area contributed by atoms with E-state index in [1.54, 1.807) is 20.2 Å². The van der Waals surface area contributed by atoms with E-state index in [9.17, 15) is 9.59 Å². The van der Waals surface area contributed by atoms with Gasteiger partial charge in [0.2, 0.25) is 0 Å². The predicted molar refractivity (Wildman–Crippen MR) is 99.1 cm³/mol. The molecular weight excluding hydrogens is 334 g/mol. The Kier molecular flexibility index (Phi) is 4.41. The summed E-state index contributed by atoms with van der Waals surface area (Å²) in [5.41, 5.74) is 3.40. The fourth-order valence-electron chi connectivity index (χ4n) is 3.45. The summed E-state index contributed by atoms with van der Waals surface area (Å²) >= 11 is 1.52. The molecule has 5 nitrogen and oxygen atoms in total. The number of thiophene rings is 1. The molecule has 0 bridgehead atoms. The summed E-state index contributed by atoms with van der Waals surface area (Å²) in [6.07, 6.45) is 0. The zero-order valence-electron chi connectivity index (χ0n) is 15.3. The van der Waals surface area contributed by atoms with Crippen LogP contribution in [0.4, 0.5) is 0 Å². The predicted octanol–water partition coefficient (Wildman–Crippen LogP) is 3.09. The molecule has 1 aliphatic heterocycles. The van der Waals surface area contributed by atoms with Gasteiger partial charge in [-0.1, -0.05) is 19.9 Å². The highest BCUT2D eigenvalue weighted by Gasteiger charge is 2.39. The normalized spacial score (nSPS) is 15.9. The Balaban J connectivity index is 1.88. The number of aromatic nitrogens is 1. The minimum Gasteiger partial charge on any atom is -0.343 e. The summed E-state index contributed by atoms with van der Waals surface area (Å²) in [5.74, 6) is -0.0816. The molecule has 6 heteroatoms. The van der Waals surface area contributed by atoms with Crippen LogP contribution >= 0.6 is 11.3 Å². The minimum atomic E-state index is -0.136. The maximum Gasteiger partial charge on any atom is 0.271 e. The van der Waals surface area contributed by atoms with Gasteiger partial charge in [-0.2, -0.15) is 0 Å². The standard InChI is InChI=1S/C19H23N3O2S/c1-12-10-25-16-15(12)19(2,3)11-22(18(16)24)9-13-7-6-8-14(20-13)17(23)21(4)5/h6-8,10H,9,11H2,1-5H3. The zero-order valence-corrected chi connectivity index (χ0v) is 16.1. The maximum atomic E-state index is 12.9. The lowest BCUT2D eigenvalue weighted by Gasteiger charge is -2.38. The smallest absolute Gasteiger partial charge is 0.271 e. The highest BCUT2D eigenvalue weighted by Crippen LogP contribution is 2.39. The topological polar surface area (TPSA) is 53.5 Å². The first kappa shape index (κ1) is 17.6. The highest BCUT2D eigenvalue weighted by molar-refractivity contribution is 7.12. The van der Waals surface area contributed by atoms with E-state index < -0.39 is 0 Å². The van der Waals surface area contributed by atoms with Crippen LogP contribution in [0, 0.1) is 6.92 Å². The molecule has 0 atom stereocenters. The first-order chi connectivity index (χ1) is 11.7. The lowest BCUT2D eigenvalue weighted by atomic mass is 9.79. The van der Waals surface area contributed by atoms with Gasteiger partial charge in [-0.25, -0.2) is 4.98 Å². The van der Waals surface area contributed by atoms with Crippen molar-refractivity contribution in [1.82, 2.24) is 14.8 Å². The van der Waals surface area contributed by atoms with Gasteiger partial charge in [0, 0.05) is 26.1 Å². The molecule has 132 valence electrons. The Morgan fingerprint density at radius 3 is 2.76 bits per heavy atom. The second kappa shape index (κ2) is 6.26. The molecule has 3 heterocycles. The van der Waals surface area contributed by atoms with Gasteiger partial charge >= 0.3 is 0 Å². The SMILES string of the molecule is Cc1csc2c1C(C)(C)CN(Cc1cccc(C(=O)N(C)C)n1)C2=O.